The Morgan fingerprint density at radius 1 is 1.17 bits per heavy atom. The van der Waals surface area contributed by atoms with Gasteiger partial charge in [0.05, 0.1) is 0 Å². The maximum absolute atomic E-state index is 12.5. The molecule has 23 heavy (non-hydrogen) atoms. The fourth-order valence-corrected chi connectivity index (χ4v) is 2.71. The third-order valence-corrected chi connectivity index (χ3v) is 3.96. The first-order valence-corrected chi connectivity index (χ1v) is 7.46. The maximum Gasteiger partial charge on any atom is 0.274 e. The number of aromatic amines is 1. The Hall–Kier alpha value is -2.79. The van der Waals surface area contributed by atoms with Gasteiger partial charge in [-0.3, -0.25) is 9.89 Å². The highest BCUT2D eigenvalue weighted by atomic mass is 35.5. The van der Waals surface area contributed by atoms with E-state index in [9.17, 15) is 4.79 Å². The van der Waals surface area contributed by atoms with Crippen LogP contribution in [0.4, 0.5) is 5.69 Å². The van der Waals surface area contributed by atoms with Gasteiger partial charge in [-0.2, -0.15) is 5.10 Å². The second kappa shape index (κ2) is 5.44. The summed E-state index contributed by atoms with van der Waals surface area (Å²) in [4.78, 5) is 12.5. The van der Waals surface area contributed by atoms with Crippen molar-refractivity contribution >= 4 is 23.2 Å². The molecule has 1 aromatic heterocycles. The number of aromatic nitrogens is 2. The molecule has 6 heteroatoms. The number of hydrogen-bond acceptors (Lipinski definition) is 3. The molecular weight excluding hydrogens is 314 g/mol. The molecule has 1 aliphatic heterocycles. The Morgan fingerprint density at radius 2 is 1.96 bits per heavy atom. The highest BCUT2D eigenvalue weighted by Gasteiger charge is 2.26. The van der Waals surface area contributed by atoms with E-state index in [2.05, 4.69) is 15.5 Å². The van der Waals surface area contributed by atoms with Gasteiger partial charge in [0.1, 0.15) is 23.7 Å². The van der Waals surface area contributed by atoms with Gasteiger partial charge in [0.25, 0.3) is 5.91 Å². The molecule has 2 aromatic carbocycles. The smallest absolute Gasteiger partial charge is 0.274 e. The number of carbonyl (C=O) groups excluding carboxylic acids is 1. The van der Waals surface area contributed by atoms with E-state index in [1.165, 1.54) is 0 Å². The van der Waals surface area contributed by atoms with Crippen molar-refractivity contribution in [2.24, 2.45) is 0 Å². The van der Waals surface area contributed by atoms with Crippen LogP contribution in [0.3, 0.4) is 0 Å². The van der Waals surface area contributed by atoms with Crippen LogP contribution in [0.15, 0.2) is 48.5 Å². The molecule has 3 aromatic rings. The van der Waals surface area contributed by atoms with E-state index in [1.54, 1.807) is 24.3 Å². The third kappa shape index (κ3) is 2.45. The second-order valence-corrected chi connectivity index (χ2v) is 5.61. The summed E-state index contributed by atoms with van der Waals surface area (Å²) in [6.07, 6.45) is 0. The zero-order valence-electron chi connectivity index (χ0n) is 12.0. The summed E-state index contributed by atoms with van der Waals surface area (Å²) in [7, 11) is 0. The minimum atomic E-state index is -0.260. The molecule has 2 heterocycles. The van der Waals surface area contributed by atoms with Crippen LogP contribution < -0.4 is 10.1 Å². The lowest BCUT2D eigenvalue weighted by Gasteiger charge is -2.17. The van der Waals surface area contributed by atoms with Gasteiger partial charge in [0.2, 0.25) is 0 Å². The van der Waals surface area contributed by atoms with Crippen LogP contribution in [0.2, 0.25) is 5.02 Å². The minimum absolute atomic E-state index is 0.260. The lowest BCUT2D eigenvalue weighted by Crippen LogP contribution is -2.16. The van der Waals surface area contributed by atoms with Crippen LogP contribution >= 0.6 is 11.6 Å². The Balaban J connectivity index is 1.65. The summed E-state index contributed by atoms with van der Waals surface area (Å²) in [6, 6.07) is 14.6. The molecule has 114 valence electrons. The van der Waals surface area contributed by atoms with E-state index >= 15 is 0 Å². The third-order valence-electron chi connectivity index (χ3n) is 3.71. The van der Waals surface area contributed by atoms with Crippen molar-refractivity contribution in [3.8, 4) is 17.0 Å². The summed E-state index contributed by atoms with van der Waals surface area (Å²) in [5, 5.41) is 10.5. The first-order chi connectivity index (χ1) is 11.2. The fourth-order valence-electron chi connectivity index (χ4n) is 2.58. The quantitative estimate of drug-likeness (QED) is 0.751. The number of hydrogen-bond donors (Lipinski definition) is 2. The van der Waals surface area contributed by atoms with E-state index in [0.717, 1.165) is 22.6 Å². The number of carbonyl (C=O) groups is 1. The highest BCUT2D eigenvalue weighted by Crippen LogP contribution is 2.37. The zero-order chi connectivity index (χ0) is 15.8. The summed E-state index contributed by atoms with van der Waals surface area (Å²) in [6.45, 7) is 0.312. The number of rotatable bonds is 2. The standard InChI is InChI=1S/C17H12ClN3O2/c18-10-5-7-11(8-6-10)19-17(22)16-13-9-23-14-4-2-1-3-12(14)15(13)20-21-16/h1-8H,9H2,(H,19,22)(H,20,21). The van der Waals surface area contributed by atoms with E-state index in [4.69, 9.17) is 16.3 Å². The predicted octanol–water partition coefficient (Wildman–Crippen LogP) is 3.87. The van der Waals surface area contributed by atoms with E-state index < -0.39 is 0 Å². The van der Waals surface area contributed by atoms with Crippen molar-refractivity contribution in [3.05, 3.63) is 64.8 Å². The molecule has 5 nitrogen and oxygen atoms in total. The molecular formula is C17H12ClN3O2. The molecule has 0 bridgehead atoms. The van der Waals surface area contributed by atoms with Gasteiger partial charge in [-0.1, -0.05) is 23.7 Å². The summed E-state index contributed by atoms with van der Waals surface area (Å²) >= 11 is 5.85. The molecule has 2 N–H and O–H groups in total. The first-order valence-electron chi connectivity index (χ1n) is 7.09. The van der Waals surface area contributed by atoms with Crippen molar-refractivity contribution in [2.45, 2.75) is 6.61 Å². The molecule has 0 saturated carbocycles. The normalized spacial score (nSPS) is 12.0. The summed E-state index contributed by atoms with van der Waals surface area (Å²) < 4.78 is 5.71. The van der Waals surface area contributed by atoms with Gasteiger partial charge in [-0.25, -0.2) is 0 Å². The number of nitrogens with zero attached hydrogens (tertiary/aromatic N) is 1. The van der Waals surface area contributed by atoms with Crippen LogP contribution in [0.1, 0.15) is 16.1 Å². The SMILES string of the molecule is O=C(Nc1ccc(Cl)cc1)c1[nH]nc2c1COc1ccccc1-2. The number of anilines is 1. The number of H-pyrrole nitrogens is 1. The Kier molecular flexibility index (Phi) is 3.28. The Bertz CT molecular complexity index is 887. The Morgan fingerprint density at radius 3 is 2.78 bits per heavy atom. The second-order valence-electron chi connectivity index (χ2n) is 5.17. The maximum atomic E-state index is 12.5. The van der Waals surface area contributed by atoms with Gasteiger partial charge in [0, 0.05) is 21.8 Å². The van der Waals surface area contributed by atoms with Crippen molar-refractivity contribution in [3.63, 3.8) is 0 Å². The Labute approximate surface area is 137 Å². The number of para-hydroxylation sites is 1. The van der Waals surface area contributed by atoms with Gasteiger partial charge >= 0.3 is 0 Å². The molecule has 0 aliphatic carbocycles. The molecule has 0 spiro atoms. The highest BCUT2D eigenvalue weighted by molar-refractivity contribution is 6.30. The largest absolute Gasteiger partial charge is 0.488 e. The van der Waals surface area contributed by atoms with Crippen LogP contribution in [0.25, 0.3) is 11.3 Å². The minimum Gasteiger partial charge on any atom is -0.488 e. The van der Waals surface area contributed by atoms with Crippen LogP contribution in [-0.4, -0.2) is 16.1 Å². The molecule has 1 aliphatic rings. The van der Waals surface area contributed by atoms with Crippen LogP contribution in [-0.2, 0) is 6.61 Å². The molecule has 0 atom stereocenters. The molecule has 4 rings (SSSR count). The lowest BCUT2D eigenvalue weighted by atomic mass is 10.0. The van der Waals surface area contributed by atoms with E-state index in [-0.39, 0.29) is 5.91 Å². The molecule has 0 radical (unpaired) electrons. The number of halogens is 1. The monoisotopic (exact) mass is 325 g/mol. The average Bonchev–Trinajstić information content (AvgIpc) is 3.01. The summed E-state index contributed by atoms with van der Waals surface area (Å²) in [5.74, 6) is 0.514. The zero-order valence-corrected chi connectivity index (χ0v) is 12.7. The predicted molar refractivity (Wildman–Crippen MR) is 87.8 cm³/mol. The van der Waals surface area contributed by atoms with Crippen LogP contribution in [0, 0.1) is 0 Å². The van der Waals surface area contributed by atoms with Crippen molar-refractivity contribution in [1.82, 2.24) is 10.2 Å². The fraction of sp³-hybridized carbons (Fsp3) is 0.0588. The molecule has 0 saturated heterocycles. The first kappa shape index (κ1) is 13.8. The van der Waals surface area contributed by atoms with Gasteiger partial charge < -0.3 is 10.1 Å². The molecule has 0 fully saturated rings. The van der Waals surface area contributed by atoms with Crippen molar-refractivity contribution < 1.29 is 9.53 Å². The van der Waals surface area contributed by atoms with E-state index in [0.29, 0.717) is 23.0 Å². The van der Waals surface area contributed by atoms with Crippen molar-refractivity contribution in [1.29, 1.82) is 0 Å². The number of amides is 1. The number of ether oxygens (including phenoxy) is 1. The topological polar surface area (TPSA) is 67.0 Å². The van der Waals surface area contributed by atoms with Gasteiger partial charge in [-0.05, 0) is 36.4 Å². The van der Waals surface area contributed by atoms with Crippen LogP contribution in [0.5, 0.6) is 5.75 Å². The average molecular weight is 326 g/mol. The number of nitrogens with one attached hydrogen (secondary N) is 2. The van der Waals surface area contributed by atoms with Crippen molar-refractivity contribution in [2.75, 3.05) is 5.32 Å². The van der Waals surface area contributed by atoms with Gasteiger partial charge in [0.15, 0.2) is 0 Å². The lowest BCUT2D eigenvalue weighted by molar-refractivity contribution is 0.102. The van der Waals surface area contributed by atoms with E-state index in [1.807, 2.05) is 24.3 Å². The number of fused-ring (bicyclic) bond motifs is 3. The molecule has 1 amide bonds. The number of benzene rings is 2. The summed E-state index contributed by atoms with van der Waals surface area (Å²) in [5.41, 5.74) is 3.48. The van der Waals surface area contributed by atoms with Gasteiger partial charge in [-0.15, -0.1) is 0 Å². The molecule has 0 unspecified atom stereocenters.